The molecule has 0 aliphatic rings. The fourth-order valence-electron chi connectivity index (χ4n) is 1.50. The Morgan fingerprint density at radius 2 is 1.90 bits per heavy atom. The molecule has 0 unspecified atom stereocenters. The van der Waals surface area contributed by atoms with Crippen LogP contribution in [0.4, 0.5) is 0 Å². The summed E-state index contributed by atoms with van der Waals surface area (Å²) in [6.07, 6.45) is 0. The number of hydrogen-bond donors (Lipinski definition) is 0. The molecule has 3 nitrogen and oxygen atoms in total. The highest BCUT2D eigenvalue weighted by atomic mass is 79.9. The van der Waals surface area contributed by atoms with Crippen molar-refractivity contribution in [1.82, 2.24) is 0 Å². The number of rotatable bonds is 4. The molecule has 0 bridgehead atoms. The number of benzene rings is 1. The lowest BCUT2D eigenvalue weighted by Crippen LogP contribution is -2.43. The first-order chi connectivity index (χ1) is 9.12. The van der Waals surface area contributed by atoms with Crippen molar-refractivity contribution in [3.63, 3.8) is 0 Å². The smallest absolute Gasteiger partial charge is 0.338 e. The molecule has 0 N–H and O–H groups in total. The van der Waals surface area contributed by atoms with E-state index in [1.165, 1.54) is 7.11 Å². The molecule has 0 amide bonds. The van der Waals surface area contributed by atoms with E-state index < -0.39 is 8.32 Å². The van der Waals surface area contributed by atoms with Gasteiger partial charge in [0.25, 0.3) is 0 Å². The van der Waals surface area contributed by atoms with E-state index in [-0.39, 0.29) is 11.0 Å². The maximum Gasteiger partial charge on any atom is 0.338 e. The zero-order valence-corrected chi connectivity index (χ0v) is 15.6. The fourth-order valence-corrected chi connectivity index (χ4v) is 2.99. The van der Waals surface area contributed by atoms with Crippen molar-refractivity contribution in [2.75, 3.05) is 7.11 Å². The number of esters is 1. The van der Waals surface area contributed by atoms with Crippen LogP contribution in [0, 0.1) is 0 Å². The molecule has 0 aliphatic carbocycles. The summed E-state index contributed by atoms with van der Waals surface area (Å²) in [6, 6.07) is 5.53. The van der Waals surface area contributed by atoms with E-state index >= 15 is 0 Å². The highest BCUT2D eigenvalue weighted by Gasteiger charge is 2.39. The molecule has 0 radical (unpaired) electrons. The van der Waals surface area contributed by atoms with Crippen LogP contribution in [0.25, 0.3) is 0 Å². The molecule has 1 aromatic carbocycles. The third-order valence-corrected chi connectivity index (χ3v) is 8.77. The topological polar surface area (TPSA) is 35.5 Å². The number of ether oxygens (including phenoxy) is 1. The molecule has 1 aromatic rings. The maximum atomic E-state index is 11.7. The molecular formula is C15H23BrO3Si. The van der Waals surface area contributed by atoms with E-state index in [0.717, 1.165) is 11.3 Å². The summed E-state index contributed by atoms with van der Waals surface area (Å²) in [6.45, 7) is 11.0. The summed E-state index contributed by atoms with van der Waals surface area (Å²) in [5.74, 6) is 0.497. The van der Waals surface area contributed by atoms with Gasteiger partial charge in [-0.15, -0.1) is 0 Å². The Morgan fingerprint density at radius 3 is 2.35 bits per heavy atom. The number of halogens is 1. The fraction of sp³-hybridized carbons (Fsp3) is 0.533. The number of alkyl halides is 1. The second kappa shape index (κ2) is 6.31. The Bertz CT molecular complexity index is 492. The summed E-state index contributed by atoms with van der Waals surface area (Å²) >= 11 is 3.41. The zero-order valence-electron chi connectivity index (χ0n) is 13.0. The summed E-state index contributed by atoms with van der Waals surface area (Å²) < 4.78 is 11.0. The number of hydrogen-bond acceptors (Lipinski definition) is 3. The van der Waals surface area contributed by atoms with Gasteiger partial charge in [-0.1, -0.05) is 36.7 Å². The molecule has 0 fully saturated rings. The summed E-state index contributed by atoms with van der Waals surface area (Å²) in [7, 11) is -0.477. The molecule has 0 saturated carbocycles. The lowest BCUT2D eigenvalue weighted by molar-refractivity contribution is 0.0600. The molecule has 112 valence electrons. The van der Waals surface area contributed by atoms with Gasteiger partial charge in [0.05, 0.1) is 12.7 Å². The van der Waals surface area contributed by atoms with Crippen LogP contribution in [-0.2, 0) is 10.1 Å². The van der Waals surface area contributed by atoms with Crippen LogP contribution >= 0.6 is 15.9 Å². The van der Waals surface area contributed by atoms with Crippen LogP contribution in [0.15, 0.2) is 18.2 Å². The Balaban J connectivity index is 3.09. The second-order valence-electron chi connectivity index (χ2n) is 6.31. The first kappa shape index (κ1) is 17.2. The van der Waals surface area contributed by atoms with Crippen LogP contribution in [0.5, 0.6) is 5.75 Å². The van der Waals surface area contributed by atoms with Gasteiger partial charge in [-0.25, -0.2) is 4.79 Å². The lowest BCUT2D eigenvalue weighted by atomic mass is 10.1. The molecule has 0 saturated heterocycles. The van der Waals surface area contributed by atoms with Crippen molar-refractivity contribution in [2.24, 2.45) is 0 Å². The minimum Gasteiger partial charge on any atom is -0.543 e. The van der Waals surface area contributed by atoms with Gasteiger partial charge in [0.2, 0.25) is 8.32 Å². The largest absolute Gasteiger partial charge is 0.543 e. The first-order valence-electron chi connectivity index (χ1n) is 6.58. The number of methoxy groups -OCH3 is 1. The van der Waals surface area contributed by atoms with Crippen molar-refractivity contribution >= 4 is 30.2 Å². The SMILES string of the molecule is COC(=O)c1ccc(O[Si](C)(C)C(C)(C)C)cc1CBr. The molecule has 0 aromatic heterocycles. The van der Waals surface area contributed by atoms with Crippen molar-refractivity contribution in [2.45, 2.75) is 44.2 Å². The predicted molar refractivity (Wildman–Crippen MR) is 88.2 cm³/mol. The molecule has 0 atom stereocenters. The molecular weight excluding hydrogens is 336 g/mol. The van der Waals surface area contributed by atoms with Gasteiger partial charge in [0.15, 0.2) is 0 Å². The quantitative estimate of drug-likeness (QED) is 0.442. The van der Waals surface area contributed by atoms with Gasteiger partial charge in [0.1, 0.15) is 5.75 Å². The number of carbonyl (C=O) groups is 1. The van der Waals surface area contributed by atoms with E-state index in [0.29, 0.717) is 10.9 Å². The van der Waals surface area contributed by atoms with Crippen LogP contribution < -0.4 is 4.43 Å². The molecule has 20 heavy (non-hydrogen) atoms. The monoisotopic (exact) mass is 358 g/mol. The normalized spacial score (nSPS) is 12.2. The predicted octanol–water partition coefficient (Wildman–Crippen LogP) is 4.75. The van der Waals surface area contributed by atoms with E-state index in [4.69, 9.17) is 9.16 Å². The Labute approximate surface area is 130 Å². The van der Waals surface area contributed by atoms with E-state index in [2.05, 4.69) is 49.8 Å². The van der Waals surface area contributed by atoms with Gasteiger partial charge >= 0.3 is 5.97 Å². The third kappa shape index (κ3) is 3.85. The van der Waals surface area contributed by atoms with Gasteiger partial charge in [-0.05, 0) is 41.9 Å². The Kier molecular flexibility index (Phi) is 5.44. The molecule has 0 aliphatic heterocycles. The highest BCUT2D eigenvalue weighted by molar-refractivity contribution is 9.08. The van der Waals surface area contributed by atoms with Crippen molar-refractivity contribution in [3.05, 3.63) is 29.3 Å². The van der Waals surface area contributed by atoms with Gasteiger partial charge < -0.3 is 9.16 Å². The van der Waals surface area contributed by atoms with Crippen molar-refractivity contribution in [1.29, 1.82) is 0 Å². The maximum absolute atomic E-state index is 11.7. The molecule has 0 heterocycles. The molecule has 0 spiro atoms. The van der Waals surface area contributed by atoms with Gasteiger partial charge in [-0.3, -0.25) is 0 Å². The van der Waals surface area contributed by atoms with Crippen LogP contribution in [0.2, 0.25) is 18.1 Å². The zero-order chi connectivity index (χ0) is 15.6. The standard InChI is InChI=1S/C15H23BrO3Si/c1-15(2,3)20(5,6)19-12-7-8-13(14(17)18-4)11(9-12)10-16/h7-9H,10H2,1-6H3. The van der Waals surface area contributed by atoms with E-state index in [1.54, 1.807) is 6.07 Å². The minimum absolute atomic E-state index is 0.141. The summed E-state index contributed by atoms with van der Waals surface area (Å²) in [5.41, 5.74) is 1.46. The average Bonchev–Trinajstić information content (AvgIpc) is 2.35. The third-order valence-electron chi connectivity index (χ3n) is 3.81. The summed E-state index contributed by atoms with van der Waals surface area (Å²) in [5, 5.41) is 0.731. The highest BCUT2D eigenvalue weighted by Crippen LogP contribution is 2.37. The minimum atomic E-state index is -1.87. The number of carbonyl (C=O) groups excluding carboxylic acids is 1. The van der Waals surface area contributed by atoms with Gasteiger partial charge in [-0.2, -0.15) is 0 Å². The summed E-state index contributed by atoms with van der Waals surface area (Å²) in [4.78, 5) is 11.7. The van der Waals surface area contributed by atoms with Crippen molar-refractivity contribution in [3.8, 4) is 5.75 Å². The van der Waals surface area contributed by atoms with Gasteiger partial charge in [0, 0.05) is 5.33 Å². The van der Waals surface area contributed by atoms with E-state index in [9.17, 15) is 4.79 Å². The average molecular weight is 359 g/mol. The van der Waals surface area contributed by atoms with E-state index in [1.807, 2.05) is 12.1 Å². The van der Waals surface area contributed by atoms with Crippen molar-refractivity contribution < 1.29 is 14.0 Å². The van der Waals surface area contributed by atoms with Crippen LogP contribution in [0.1, 0.15) is 36.7 Å². The second-order valence-corrected chi connectivity index (χ2v) is 11.6. The van der Waals surface area contributed by atoms with Crippen LogP contribution in [0.3, 0.4) is 0 Å². The molecule has 1 rings (SSSR count). The Hall–Kier alpha value is -0.813. The Morgan fingerprint density at radius 1 is 1.30 bits per heavy atom. The van der Waals surface area contributed by atoms with Crippen LogP contribution in [-0.4, -0.2) is 21.4 Å². The lowest BCUT2D eigenvalue weighted by Gasteiger charge is -2.36. The first-order valence-corrected chi connectivity index (χ1v) is 10.6. The molecule has 5 heteroatoms.